The van der Waals surface area contributed by atoms with Gasteiger partial charge in [-0.3, -0.25) is 4.79 Å². The molecule has 1 aliphatic carbocycles. The fourth-order valence-electron chi connectivity index (χ4n) is 3.33. The van der Waals surface area contributed by atoms with Crippen LogP contribution in [-0.2, 0) is 14.3 Å². The molecule has 0 aliphatic heterocycles. The molecule has 7 heteroatoms. The van der Waals surface area contributed by atoms with Crippen LogP contribution in [0.3, 0.4) is 0 Å². The highest BCUT2D eigenvalue weighted by Crippen LogP contribution is 2.40. The van der Waals surface area contributed by atoms with Crippen LogP contribution in [-0.4, -0.2) is 76.9 Å². The van der Waals surface area contributed by atoms with Gasteiger partial charge >= 0.3 is 0 Å². The van der Waals surface area contributed by atoms with Crippen molar-refractivity contribution < 1.29 is 14.3 Å². The number of likely N-dealkylation sites (N-methyl/N-ethyl adjacent to an activating group) is 1. The minimum atomic E-state index is -0.00246. The number of nitrogens with zero attached hydrogens (tertiary/aromatic N) is 2. The van der Waals surface area contributed by atoms with Crippen LogP contribution in [0, 0.1) is 5.41 Å². The quantitative estimate of drug-likeness (QED) is 0.289. The molecule has 1 saturated carbocycles. The summed E-state index contributed by atoms with van der Waals surface area (Å²) < 4.78 is 11.0. The number of carbonyl (C=O) groups is 1. The molecule has 1 fully saturated rings. The van der Waals surface area contributed by atoms with Gasteiger partial charge in [-0.2, -0.15) is 0 Å². The number of guanidine groups is 1. The lowest BCUT2D eigenvalue weighted by Crippen LogP contribution is -2.44. The average Bonchev–Trinajstić information content (AvgIpc) is 3.12. The Labute approximate surface area is 165 Å². The van der Waals surface area contributed by atoms with Gasteiger partial charge in [0.05, 0.1) is 0 Å². The molecule has 0 atom stereocenters. The highest BCUT2D eigenvalue weighted by Gasteiger charge is 2.33. The fourth-order valence-corrected chi connectivity index (χ4v) is 3.33. The van der Waals surface area contributed by atoms with E-state index < -0.39 is 0 Å². The molecular weight excluding hydrogens is 344 g/mol. The molecule has 0 aromatic rings. The topological polar surface area (TPSA) is 75.2 Å². The molecule has 27 heavy (non-hydrogen) atoms. The Kier molecular flexibility index (Phi) is 12.1. The number of nitrogens with one attached hydrogen (secondary N) is 2. The summed E-state index contributed by atoms with van der Waals surface area (Å²) in [7, 11) is 3.50. The Morgan fingerprint density at radius 3 is 2.37 bits per heavy atom. The minimum Gasteiger partial charge on any atom is -0.382 e. The highest BCUT2D eigenvalue weighted by atomic mass is 16.5. The predicted molar refractivity (Wildman–Crippen MR) is 110 cm³/mol. The first-order valence-corrected chi connectivity index (χ1v) is 10.4. The zero-order chi connectivity index (χ0) is 20.0. The van der Waals surface area contributed by atoms with Gasteiger partial charge in [0.25, 0.3) is 0 Å². The summed E-state index contributed by atoms with van der Waals surface area (Å²) in [6.45, 7) is 8.87. The lowest BCUT2D eigenvalue weighted by Gasteiger charge is -2.30. The molecule has 158 valence electrons. The van der Waals surface area contributed by atoms with E-state index in [1.54, 1.807) is 19.0 Å². The van der Waals surface area contributed by atoms with Crippen LogP contribution in [0.1, 0.15) is 52.4 Å². The van der Waals surface area contributed by atoms with Crippen molar-refractivity contribution in [3.05, 3.63) is 0 Å². The maximum Gasteiger partial charge on any atom is 0.243 e. The van der Waals surface area contributed by atoms with Crippen molar-refractivity contribution in [3.63, 3.8) is 0 Å². The molecule has 0 spiro atoms. The molecule has 2 N–H and O–H groups in total. The standard InChI is InChI=1S/C20H40N4O3/c1-5-26-14-9-13-21-19(22-16-18(25)24(3)4)23-17-20(10-7-8-11-20)12-15-27-6-2/h5-17H2,1-4H3,(H2,21,22,23). The molecule has 1 aliphatic rings. The van der Waals surface area contributed by atoms with E-state index in [4.69, 9.17) is 9.47 Å². The number of hydrogen-bond acceptors (Lipinski definition) is 4. The summed E-state index contributed by atoms with van der Waals surface area (Å²) in [5, 5.41) is 6.82. The first-order chi connectivity index (χ1) is 13.0. The first kappa shape index (κ1) is 23.7. The normalized spacial score (nSPS) is 16.4. The molecule has 0 bridgehead atoms. The van der Waals surface area contributed by atoms with Crippen molar-refractivity contribution in [1.82, 2.24) is 15.5 Å². The van der Waals surface area contributed by atoms with Crippen LogP contribution in [0.5, 0.6) is 0 Å². The zero-order valence-corrected chi connectivity index (χ0v) is 17.8. The van der Waals surface area contributed by atoms with Gasteiger partial charge in [0, 0.05) is 53.6 Å². The Balaban J connectivity index is 2.58. The monoisotopic (exact) mass is 384 g/mol. The molecule has 0 aromatic heterocycles. The van der Waals surface area contributed by atoms with Crippen molar-refractivity contribution in [2.75, 3.05) is 60.2 Å². The van der Waals surface area contributed by atoms with Crippen molar-refractivity contribution in [2.45, 2.75) is 52.4 Å². The van der Waals surface area contributed by atoms with Gasteiger partial charge in [-0.25, -0.2) is 4.99 Å². The van der Waals surface area contributed by atoms with Gasteiger partial charge in [-0.05, 0) is 44.9 Å². The first-order valence-electron chi connectivity index (χ1n) is 10.4. The maximum atomic E-state index is 11.9. The van der Waals surface area contributed by atoms with Gasteiger partial charge < -0.3 is 25.0 Å². The summed E-state index contributed by atoms with van der Waals surface area (Å²) in [6, 6.07) is 0. The third-order valence-corrected chi connectivity index (χ3v) is 5.11. The minimum absolute atomic E-state index is 0.00246. The SMILES string of the molecule is CCOCCCNC(=NCC(=O)N(C)C)NCC1(CCOCC)CCCC1. The lowest BCUT2D eigenvalue weighted by atomic mass is 9.83. The van der Waals surface area contributed by atoms with E-state index in [9.17, 15) is 4.79 Å². The van der Waals surface area contributed by atoms with Crippen molar-refractivity contribution in [3.8, 4) is 0 Å². The molecule has 0 unspecified atom stereocenters. The third-order valence-electron chi connectivity index (χ3n) is 5.11. The average molecular weight is 385 g/mol. The van der Waals surface area contributed by atoms with E-state index in [-0.39, 0.29) is 17.9 Å². The largest absolute Gasteiger partial charge is 0.382 e. The van der Waals surface area contributed by atoms with Crippen LogP contribution >= 0.6 is 0 Å². The predicted octanol–water partition coefficient (Wildman–Crippen LogP) is 2.02. The summed E-state index contributed by atoms with van der Waals surface area (Å²) in [5.41, 5.74) is 0.272. The molecule has 0 saturated heterocycles. The molecular formula is C20H40N4O3. The van der Waals surface area contributed by atoms with Gasteiger partial charge in [-0.1, -0.05) is 12.8 Å². The van der Waals surface area contributed by atoms with E-state index in [1.807, 2.05) is 13.8 Å². The molecule has 1 amide bonds. The summed E-state index contributed by atoms with van der Waals surface area (Å²) in [4.78, 5) is 17.9. The fraction of sp³-hybridized carbons (Fsp3) is 0.900. The second-order valence-corrected chi connectivity index (χ2v) is 7.44. The Hall–Kier alpha value is -1.34. The van der Waals surface area contributed by atoms with Crippen molar-refractivity contribution >= 4 is 11.9 Å². The van der Waals surface area contributed by atoms with E-state index in [0.29, 0.717) is 5.96 Å². The number of carbonyl (C=O) groups excluding carboxylic acids is 1. The second-order valence-electron chi connectivity index (χ2n) is 7.44. The highest BCUT2D eigenvalue weighted by molar-refractivity contribution is 5.84. The summed E-state index contributed by atoms with van der Waals surface area (Å²) in [5.74, 6) is 0.710. The van der Waals surface area contributed by atoms with Crippen LogP contribution in [0.2, 0.25) is 0 Å². The number of ether oxygens (including phenoxy) is 2. The molecule has 7 nitrogen and oxygen atoms in total. The van der Waals surface area contributed by atoms with E-state index >= 15 is 0 Å². The van der Waals surface area contributed by atoms with E-state index in [0.717, 1.165) is 52.4 Å². The van der Waals surface area contributed by atoms with Gasteiger partial charge in [0.2, 0.25) is 5.91 Å². The molecule has 0 heterocycles. The van der Waals surface area contributed by atoms with Gasteiger partial charge in [-0.15, -0.1) is 0 Å². The second kappa shape index (κ2) is 13.8. The molecule has 0 aromatic carbocycles. The number of hydrogen-bond donors (Lipinski definition) is 2. The van der Waals surface area contributed by atoms with Crippen molar-refractivity contribution in [2.24, 2.45) is 10.4 Å². The van der Waals surface area contributed by atoms with Gasteiger partial charge in [0.15, 0.2) is 5.96 Å². The summed E-state index contributed by atoms with van der Waals surface area (Å²) >= 11 is 0. The lowest BCUT2D eigenvalue weighted by molar-refractivity contribution is -0.127. The number of rotatable bonds is 13. The maximum absolute atomic E-state index is 11.9. The van der Waals surface area contributed by atoms with E-state index in [2.05, 4.69) is 15.6 Å². The zero-order valence-electron chi connectivity index (χ0n) is 17.8. The van der Waals surface area contributed by atoms with Crippen molar-refractivity contribution in [1.29, 1.82) is 0 Å². The Bertz CT molecular complexity index is 435. The molecule has 1 rings (SSSR count). The van der Waals surface area contributed by atoms with Crippen LogP contribution in [0.25, 0.3) is 0 Å². The Morgan fingerprint density at radius 2 is 1.74 bits per heavy atom. The summed E-state index contributed by atoms with van der Waals surface area (Å²) in [6.07, 6.45) is 6.98. The van der Waals surface area contributed by atoms with Gasteiger partial charge in [0.1, 0.15) is 6.54 Å². The smallest absolute Gasteiger partial charge is 0.243 e. The number of aliphatic imine (C=N–C) groups is 1. The molecule has 0 radical (unpaired) electrons. The number of amides is 1. The van der Waals surface area contributed by atoms with Crippen LogP contribution < -0.4 is 10.6 Å². The van der Waals surface area contributed by atoms with E-state index in [1.165, 1.54) is 25.7 Å². The third kappa shape index (κ3) is 9.96. The van der Waals surface area contributed by atoms with Crippen LogP contribution in [0.4, 0.5) is 0 Å². The Morgan fingerprint density at radius 1 is 1.07 bits per heavy atom. The van der Waals surface area contributed by atoms with Crippen LogP contribution in [0.15, 0.2) is 4.99 Å².